The highest BCUT2D eigenvalue weighted by atomic mass is 15.1. The van der Waals surface area contributed by atoms with Crippen molar-refractivity contribution in [2.45, 2.75) is 19.4 Å². The lowest BCUT2D eigenvalue weighted by molar-refractivity contribution is 0.735. The van der Waals surface area contributed by atoms with Gasteiger partial charge in [0.05, 0.1) is 17.4 Å². The molecule has 0 bridgehead atoms. The Morgan fingerprint density at radius 2 is 2.14 bits per heavy atom. The first-order chi connectivity index (χ1) is 6.70. The van der Waals surface area contributed by atoms with E-state index in [0.29, 0.717) is 5.69 Å². The Kier molecular flexibility index (Phi) is 3.35. The minimum absolute atomic E-state index is 0.111. The molecule has 0 saturated carbocycles. The third-order valence-corrected chi connectivity index (χ3v) is 2.32. The SMILES string of the molecule is CCC(C#N)N(C)c1ccccc1N. The van der Waals surface area contributed by atoms with E-state index >= 15 is 0 Å². The number of benzene rings is 1. The van der Waals surface area contributed by atoms with Crippen LogP contribution in [0.3, 0.4) is 0 Å². The molecule has 0 amide bonds. The van der Waals surface area contributed by atoms with E-state index in [1.165, 1.54) is 0 Å². The Morgan fingerprint density at radius 3 is 2.64 bits per heavy atom. The fourth-order valence-corrected chi connectivity index (χ4v) is 1.43. The zero-order valence-electron chi connectivity index (χ0n) is 8.57. The summed E-state index contributed by atoms with van der Waals surface area (Å²) in [6, 6.07) is 9.72. The van der Waals surface area contributed by atoms with Gasteiger partial charge in [-0.05, 0) is 18.6 Å². The molecule has 1 aromatic rings. The van der Waals surface area contributed by atoms with Crippen LogP contribution in [0, 0.1) is 11.3 Å². The normalized spacial score (nSPS) is 11.8. The van der Waals surface area contributed by atoms with Gasteiger partial charge in [-0.1, -0.05) is 19.1 Å². The molecule has 74 valence electrons. The number of nitrogen functional groups attached to an aromatic ring is 1. The van der Waals surface area contributed by atoms with Crippen LogP contribution in [0.15, 0.2) is 24.3 Å². The quantitative estimate of drug-likeness (QED) is 0.740. The molecule has 0 spiro atoms. The molecule has 1 aromatic carbocycles. The number of anilines is 2. The predicted octanol–water partition coefficient (Wildman–Crippen LogP) is 2.01. The van der Waals surface area contributed by atoms with Crippen molar-refractivity contribution in [3.05, 3.63) is 24.3 Å². The van der Waals surface area contributed by atoms with Crippen LogP contribution in [0.4, 0.5) is 11.4 Å². The Hall–Kier alpha value is -1.69. The second-order valence-corrected chi connectivity index (χ2v) is 3.22. The van der Waals surface area contributed by atoms with Crippen LogP contribution in [0.25, 0.3) is 0 Å². The van der Waals surface area contributed by atoms with Crippen molar-refractivity contribution >= 4 is 11.4 Å². The van der Waals surface area contributed by atoms with Gasteiger partial charge in [0.1, 0.15) is 6.04 Å². The highest BCUT2D eigenvalue weighted by molar-refractivity contribution is 5.67. The van der Waals surface area contributed by atoms with Gasteiger partial charge in [-0.2, -0.15) is 5.26 Å². The summed E-state index contributed by atoms with van der Waals surface area (Å²) < 4.78 is 0. The minimum atomic E-state index is -0.111. The number of nitriles is 1. The second-order valence-electron chi connectivity index (χ2n) is 3.22. The van der Waals surface area contributed by atoms with Crippen LogP contribution in [-0.2, 0) is 0 Å². The molecule has 1 rings (SSSR count). The maximum Gasteiger partial charge on any atom is 0.116 e. The molecule has 2 N–H and O–H groups in total. The highest BCUT2D eigenvalue weighted by Crippen LogP contribution is 2.23. The van der Waals surface area contributed by atoms with E-state index in [1.54, 1.807) is 0 Å². The van der Waals surface area contributed by atoms with Crippen LogP contribution in [0.1, 0.15) is 13.3 Å². The minimum Gasteiger partial charge on any atom is -0.397 e. The maximum absolute atomic E-state index is 8.92. The molecule has 1 unspecified atom stereocenters. The Labute approximate surface area is 84.7 Å². The molecule has 0 radical (unpaired) electrons. The number of hydrogen-bond donors (Lipinski definition) is 1. The predicted molar refractivity (Wildman–Crippen MR) is 58.9 cm³/mol. The summed E-state index contributed by atoms with van der Waals surface area (Å²) in [5.74, 6) is 0. The number of para-hydroxylation sites is 2. The fraction of sp³-hybridized carbons (Fsp3) is 0.364. The molecule has 0 aliphatic carbocycles. The van der Waals surface area contributed by atoms with Crippen molar-refractivity contribution in [3.8, 4) is 6.07 Å². The zero-order valence-corrected chi connectivity index (χ0v) is 8.57. The average Bonchev–Trinajstić information content (AvgIpc) is 2.20. The molecule has 1 atom stereocenters. The van der Waals surface area contributed by atoms with Gasteiger partial charge >= 0.3 is 0 Å². The number of rotatable bonds is 3. The molecule has 3 nitrogen and oxygen atoms in total. The Morgan fingerprint density at radius 1 is 1.50 bits per heavy atom. The number of nitrogens with two attached hydrogens (primary N) is 1. The summed E-state index contributed by atoms with van der Waals surface area (Å²) in [6.45, 7) is 1.99. The van der Waals surface area contributed by atoms with E-state index in [2.05, 4.69) is 6.07 Å². The lowest BCUT2D eigenvalue weighted by Crippen LogP contribution is -2.30. The van der Waals surface area contributed by atoms with E-state index in [1.807, 2.05) is 43.1 Å². The molecule has 3 heteroatoms. The first-order valence-electron chi connectivity index (χ1n) is 4.67. The maximum atomic E-state index is 8.92. The van der Waals surface area contributed by atoms with E-state index < -0.39 is 0 Å². The first-order valence-corrected chi connectivity index (χ1v) is 4.67. The number of nitrogens with zero attached hydrogens (tertiary/aromatic N) is 2. The van der Waals surface area contributed by atoms with Gasteiger partial charge < -0.3 is 10.6 Å². The van der Waals surface area contributed by atoms with Gasteiger partial charge in [0.2, 0.25) is 0 Å². The van der Waals surface area contributed by atoms with Gasteiger partial charge in [0.15, 0.2) is 0 Å². The average molecular weight is 189 g/mol. The van der Waals surface area contributed by atoms with E-state index in [0.717, 1.165) is 12.1 Å². The fourth-order valence-electron chi connectivity index (χ4n) is 1.43. The van der Waals surface area contributed by atoms with Crippen molar-refractivity contribution in [2.24, 2.45) is 0 Å². The van der Waals surface area contributed by atoms with E-state index in [-0.39, 0.29) is 6.04 Å². The van der Waals surface area contributed by atoms with Crippen molar-refractivity contribution in [1.82, 2.24) is 0 Å². The molecule has 0 heterocycles. The summed E-state index contributed by atoms with van der Waals surface area (Å²) in [7, 11) is 1.89. The van der Waals surface area contributed by atoms with E-state index in [4.69, 9.17) is 11.0 Å². The molecule has 0 aliphatic rings. The summed E-state index contributed by atoms with van der Waals surface area (Å²) >= 11 is 0. The van der Waals surface area contributed by atoms with Crippen LogP contribution in [0.2, 0.25) is 0 Å². The third kappa shape index (κ3) is 1.97. The van der Waals surface area contributed by atoms with Gasteiger partial charge in [-0.15, -0.1) is 0 Å². The standard InChI is InChI=1S/C11H15N3/c1-3-9(8-12)14(2)11-7-5-4-6-10(11)13/h4-7,9H,3,13H2,1-2H3. The summed E-state index contributed by atoms with van der Waals surface area (Å²) in [4.78, 5) is 1.91. The first kappa shape index (κ1) is 10.4. The van der Waals surface area contributed by atoms with Crippen molar-refractivity contribution in [1.29, 1.82) is 5.26 Å². The van der Waals surface area contributed by atoms with Gasteiger partial charge in [0, 0.05) is 7.05 Å². The summed E-state index contributed by atoms with van der Waals surface area (Å²) in [5, 5.41) is 8.92. The molecule has 0 aliphatic heterocycles. The Balaban J connectivity index is 2.95. The van der Waals surface area contributed by atoms with Crippen LogP contribution in [0.5, 0.6) is 0 Å². The zero-order chi connectivity index (χ0) is 10.6. The van der Waals surface area contributed by atoms with Gasteiger partial charge in [-0.25, -0.2) is 0 Å². The molecule has 0 saturated heterocycles. The summed E-state index contributed by atoms with van der Waals surface area (Å²) in [5.41, 5.74) is 7.45. The van der Waals surface area contributed by atoms with Gasteiger partial charge in [0.25, 0.3) is 0 Å². The van der Waals surface area contributed by atoms with Crippen LogP contribution >= 0.6 is 0 Å². The van der Waals surface area contributed by atoms with Gasteiger partial charge in [-0.3, -0.25) is 0 Å². The lowest BCUT2D eigenvalue weighted by Gasteiger charge is -2.24. The lowest BCUT2D eigenvalue weighted by atomic mass is 10.2. The highest BCUT2D eigenvalue weighted by Gasteiger charge is 2.13. The number of hydrogen-bond acceptors (Lipinski definition) is 3. The molecular weight excluding hydrogens is 174 g/mol. The monoisotopic (exact) mass is 189 g/mol. The molecule has 0 fully saturated rings. The molecule has 0 aromatic heterocycles. The third-order valence-electron chi connectivity index (χ3n) is 2.32. The van der Waals surface area contributed by atoms with Crippen LogP contribution < -0.4 is 10.6 Å². The molecular formula is C11H15N3. The van der Waals surface area contributed by atoms with E-state index in [9.17, 15) is 0 Å². The largest absolute Gasteiger partial charge is 0.397 e. The van der Waals surface area contributed by atoms with Crippen molar-refractivity contribution in [3.63, 3.8) is 0 Å². The van der Waals surface area contributed by atoms with Crippen molar-refractivity contribution in [2.75, 3.05) is 17.7 Å². The van der Waals surface area contributed by atoms with Crippen molar-refractivity contribution < 1.29 is 0 Å². The Bertz CT molecular complexity index is 341. The topological polar surface area (TPSA) is 53.0 Å². The second kappa shape index (κ2) is 4.52. The summed E-state index contributed by atoms with van der Waals surface area (Å²) in [6.07, 6.45) is 0.793. The molecule has 14 heavy (non-hydrogen) atoms. The smallest absolute Gasteiger partial charge is 0.116 e. The van der Waals surface area contributed by atoms with Crippen LogP contribution in [-0.4, -0.2) is 13.1 Å².